The topological polar surface area (TPSA) is 66.0 Å². The summed E-state index contributed by atoms with van der Waals surface area (Å²) in [6.45, 7) is 2.21. The van der Waals surface area contributed by atoms with Gasteiger partial charge >= 0.3 is 5.97 Å². The molecule has 0 aromatic carbocycles. The van der Waals surface area contributed by atoms with Crippen molar-refractivity contribution >= 4 is 5.97 Å². The number of aromatic carboxylic acids is 1. The molecule has 0 bridgehead atoms. The largest absolute Gasteiger partial charge is 0.476 e. The second kappa shape index (κ2) is 1.95. The molecule has 0 saturated heterocycles. The molecule has 68 valence electrons. The first-order valence-electron chi connectivity index (χ1n) is 4.50. The summed E-state index contributed by atoms with van der Waals surface area (Å²) in [5.41, 5.74) is 2.25. The van der Waals surface area contributed by atoms with Gasteiger partial charge in [-0.15, -0.1) is 0 Å². The molecule has 2 aliphatic rings. The van der Waals surface area contributed by atoms with Crippen molar-refractivity contribution in [1.82, 2.24) is 10.2 Å². The van der Waals surface area contributed by atoms with Crippen LogP contribution in [-0.2, 0) is 6.42 Å². The lowest BCUT2D eigenvalue weighted by molar-refractivity contribution is 0.0689. The van der Waals surface area contributed by atoms with E-state index in [1.54, 1.807) is 0 Å². The molecule has 13 heavy (non-hydrogen) atoms. The number of carboxylic acid groups (broad SMARTS) is 1. The molecule has 1 aromatic rings. The van der Waals surface area contributed by atoms with E-state index in [1.807, 2.05) is 0 Å². The van der Waals surface area contributed by atoms with Gasteiger partial charge in [-0.1, -0.05) is 6.92 Å². The molecule has 4 nitrogen and oxygen atoms in total. The van der Waals surface area contributed by atoms with Crippen LogP contribution in [0.25, 0.3) is 0 Å². The fourth-order valence-electron chi connectivity index (χ4n) is 2.61. The van der Waals surface area contributed by atoms with Crippen molar-refractivity contribution in [3.8, 4) is 0 Å². The third-order valence-electron chi connectivity index (χ3n) is 3.44. The van der Waals surface area contributed by atoms with Crippen molar-refractivity contribution in [3.63, 3.8) is 0 Å². The summed E-state index contributed by atoms with van der Waals surface area (Å²) in [4.78, 5) is 10.7. The van der Waals surface area contributed by atoms with Gasteiger partial charge in [-0.3, -0.25) is 5.10 Å². The highest BCUT2D eigenvalue weighted by molar-refractivity contribution is 5.87. The Morgan fingerprint density at radius 3 is 3.15 bits per heavy atom. The molecule has 1 fully saturated rings. The number of fused-ring (bicyclic) bond motifs is 3. The molecule has 4 heteroatoms. The first-order valence-corrected chi connectivity index (χ1v) is 4.50. The number of nitrogens with one attached hydrogen (secondary N) is 1. The van der Waals surface area contributed by atoms with E-state index in [2.05, 4.69) is 17.1 Å². The summed E-state index contributed by atoms with van der Waals surface area (Å²) in [5.74, 6) is 1.05. The molecule has 1 saturated carbocycles. The molecule has 0 aliphatic heterocycles. The molecule has 0 unspecified atom stereocenters. The summed E-state index contributed by atoms with van der Waals surface area (Å²) in [5, 5.41) is 15.5. The Bertz CT molecular complexity index is 396. The smallest absolute Gasteiger partial charge is 0.356 e. The Labute approximate surface area is 75.0 Å². The van der Waals surface area contributed by atoms with Crippen LogP contribution < -0.4 is 0 Å². The number of nitrogens with zero attached hydrogens (tertiary/aromatic N) is 1. The molecular formula is C9H10N2O2. The maximum atomic E-state index is 10.7. The van der Waals surface area contributed by atoms with Crippen molar-refractivity contribution in [2.75, 3.05) is 0 Å². The monoisotopic (exact) mass is 178 g/mol. The number of hydrogen-bond acceptors (Lipinski definition) is 2. The van der Waals surface area contributed by atoms with Gasteiger partial charge in [-0.25, -0.2) is 4.79 Å². The molecule has 3 atom stereocenters. The Kier molecular flexibility index (Phi) is 1.07. The van der Waals surface area contributed by atoms with Gasteiger partial charge in [-0.2, -0.15) is 5.10 Å². The van der Waals surface area contributed by atoms with Gasteiger partial charge in [0.25, 0.3) is 0 Å². The second-order valence-electron chi connectivity index (χ2n) is 4.02. The summed E-state index contributed by atoms with van der Waals surface area (Å²) in [6, 6.07) is 0. The zero-order valence-electron chi connectivity index (χ0n) is 7.24. The predicted octanol–water partition coefficient (Wildman–Crippen LogP) is 1.01. The molecule has 2 aliphatic carbocycles. The van der Waals surface area contributed by atoms with Crippen molar-refractivity contribution in [3.05, 3.63) is 17.0 Å². The first kappa shape index (κ1) is 7.12. The fourth-order valence-corrected chi connectivity index (χ4v) is 2.61. The molecule has 2 N–H and O–H groups in total. The van der Waals surface area contributed by atoms with E-state index in [9.17, 15) is 4.79 Å². The third-order valence-corrected chi connectivity index (χ3v) is 3.44. The van der Waals surface area contributed by atoms with Crippen molar-refractivity contribution in [2.45, 2.75) is 19.3 Å². The normalized spacial score (nSPS) is 34.1. The number of rotatable bonds is 1. The van der Waals surface area contributed by atoms with Crippen LogP contribution in [0.4, 0.5) is 0 Å². The number of aromatic nitrogens is 2. The highest BCUT2D eigenvalue weighted by Crippen LogP contribution is 2.60. The second-order valence-corrected chi connectivity index (χ2v) is 4.02. The van der Waals surface area contributed by atoms with Crippen molar-refractivity contribution in [2.24, 2.45) is 11.8 Å². The minimum absolute atomic E-state index is 0.231. The number of aromatic amines is 1. The van der Waals surface area contributed by atoms with E-state index in [1.165, 1.54) is 0 Å². The molecule has 0 radical (unpaired) electrons. The van der Waals surface area contributed by atoms with E-state index in [-0.39, 0.29) is 5.69 Å². The van der Waals surface area contributed by atoms with E-state index in [0.717, 1.165) is 23.6 Å². The highest BCUT2D eigenvalue weighted by Gasteiger charge is 2.55. The third kappa shape index (κ3) is 0.709. The van der Waals surface area contributed by atoms with Gasteiger partial charge in [0.05, 0.1) is 0 Å². The van der Waals surface area contributed by atoms with Gasteiger partial charge < -0.3 is 5.11 Å². The standard InChI is InChI=1S/C9H10N2O2/c1-3-4-2-5-7(6(3)4)10-11-8(5)9(12)13/h3-4,6H,2H2,1H3,(H,10,11)(H,12,13)/t3-,4-,6+/m0/s1. The van der Waals surface area contributed by atoms with E-state index < -0.39 is 5.97 Å². The van der Waals surface area contributed by atoms with Crippen LogP contribution >= 0.6 is 0 Å². The van der Waals surface area contributed by atoms with E-state index >= 15 is 0 Å². The number of H-pyrrole nitrogens is 1. The molecule has 0 amide bonds. The maximum absolute atomic E-state index is 10.7. The Morgan fingerprint density at radius 1 is 1.69 bits per heavy atom. The van der Waals surface area contributed by atoms with Crippen LogP contribution in [0, 0.1) is 11.8 Å². The Hall–Kier alpha value is -1.32. The van der Waals surface area contributed by atoms with Crippen molar-refractivity contribution in [1.29, 1.82) is 0 Å². The first-order chi connectivity index (χ1) is 6.20. The Balaban J connectivity index is 2.08. The predicted molar refractivity (Wildman–Crippen MR) is 44.6 cm³/mol. The molecule has 1 heterocycles. The lowest BCUT2D eigenvalue weighted by Gasteiger charge is -1.96. The van der Waals surface area contributed by atoms with E-state index in [4.69, 9.17) is 5.11 Å². The highest BCUT2D eigenvalue weighted by atomic mass is 16.4. The van der Waals surface area contributed by atoms with Crippen molar-refractivity contribution < 1.29 is 9.90 Å². The Morgan fingerprint density at radius 2 is 2.46 bits per heavy atom. The molecule has 0 spiro atoms. The molecule has 3 rings (SSSR count). The average Bonchev–Trinajstić information content (AvgIpc) is 2.49. The van der Waals surface area contributed by atoms with Crippen LogP contribution in [0.15, 0.2) is 0 Å². The van der Waals surface area contributed by atoms with Gasteiger partial charge in [0.2, 0.25) is 0 Å². The number of hydrogen-bond donors (Lipinski definition) is 2. The lowest BCUT2D eigenvalue weighted by Crippen LogP contribution is -2.02. The van der Waals surface area contributed by atoms with E-state index in [0.29, 0.717) is 11.8 Å². The van der Waals surface area contributed by atoms with Crippen LogP contribution in [0.2, 0.25) is 0 Å². The minimum Gasteiger partial charge on any atom is -0.476 e. The van der Waals surface area contributed by atoms with Crippen LogP contribution in [-0.4, -0.2) is 21.3 Å². The maximum Gasteiger partial charge on any atom is 0.356 e. The summed E-state index contributed by atoms with van der Waals surface area (Å²) >= 11 is 0. The number of carbonyl (C=O) groups is 1. The SMILES string of the molecule is C[C@H]1[C@@H]2Cc3c(C(=O)O)n[nH]c3[C@H]12. The van der Waals surface area contributed by atoms with Gasteiger partial charge in [0.15, 0.2) is 5.69 Å². The lowest BCUT2D eigenvalue weighted by atomic mass is 10.1. The van der Waals surface area contributed by atoms with Gasteiger partial charge in [-0.05, 0) is 18.3 Å². The number of carboxylic acids is 1. The average molecular weight is 178 g/mol. The van der Waals surface area contributed by atoms with Crippen LogP contribution in [0.5, 0.6) is 0 Å². The molecule has 1 aromatic heterocycles. The van der Waals surface area contributed by atoms with Gasteiger partial charge in [0, 0.05) is 17.2 Å². The minimum atomic E-state index is -0.911. The van der Waals surface area contributed by atoms with Gasteiger partial charge in [0.1, 0.15) is 0 Å². The summed E-state index contributed by atoms with van der Waals surface area (Å²) < 4.78 is 0. The zero-order valence-corrected chi connectivity index (χ0v) is 7.24. The fraction of sp³-hybridized carbons (Fsp3) is 0.556. The van der Waals surface area contributed by atoms with Crippen LogP contribution in [0.3, 0.4) is 0 Å². The molecular weight excluding hydrogens is 168 g/mol. The summed E-state index contributed by atoms with van der Waals surface area (Å²) in [7, 11) is 0. The van der Waals surface area contributed by atoms with Crippen LogP contribution in [0.1, 0.15) is 34.6 Å². The summed E-state index contributed by atoms with van der Waals surface area (Å²) in [6.07, 6.45) is 0.902. The zero-order chi connectivity index (χ0) is 9.16. The quantitative estimate of drug-likeness (QED) is 0.674.